The zero-order chi connectivity index (χ0) is 25.1. The molecule has 3 aromatic rings. The summed E-state index contributed by atoms with van der Waals surface area (Å²) in [4.78, 5) is 44.3. The first-order valence-corrected chi connectivity index (χ1v) is 12.0. The van der Waals surface area contributed by atoms with Gasteiger partial charge in [0.1, 0.15) is 0 Å². The second-order valence-electron chi connectivity index (χ2n) is 9.01. The predicted octanol–water partition coefficient (Wildman–Crippen LogP) is 4.79. The van der Waals surface area contributed by atoms with Crippen LogP contribution < -0.4 is 4.90 Å². The van der Waals surface area contributed by atoms with E-state index < -0.39 is 24.1 Å². The highest BCUT2D eigenvalue weighted by Gasteiger charge is 2.53. The first-order valence-electron chi connectivity index (χ1n) is 12.0. The lowest BCUT2D eigenvalue weighted by Gasteiger charge is -2.46. The molecule has 3 amide bonds. The number of para-hydroxylation sites is 2. The number of likely N-dealkylation sites (tertiary alicyclic amines) is 1. The molecule has 5 rings (SSSR count). The monoisotopic (exact) mass is 481 g/mol. The first-order chi connectivity index (χ1) is 17.5. The molecule has 2 fully saturated rings. The van der Waals surface area contributed by atoms with Crippen LogP contribution in [0.3, 0.4) is 0 Å². The molecule has 2 aliphatic heterocycles. The molecule has 2 heterocycles. The highest BCUT2D eigenvalue weighted by atomic mass is 16.4. The predicted molar refractivity (Wildman–Crippen MR) is 138 cm³/mol. The molecule has 3 atom stereocenters. The fourth-order valence-corrected chi connectivity index (χ4v) is 5.26. The second kappa shape index (κ2) is 10.1. The van der Waals surface area contributed by atoms with Crippen LogP contribution in [0.25, 0.3) is 6.08 Å². The normalized spacial score (nSPS) is 20.9. The van der Waals surface area contributed by atoms with Crippen molar-refractivity contribution in [1.29, 1.82) is 0 Å². The summed E-state index contributed by atoms with van der Waals surface area (Å²) in [5.74, 6) is -1.34. The van der Waals surface area contributed by atoms with Crippen LogP contribution in [-0.4, -0.2) is 57.5 Å². The number of fused-ring (bicyclic) bond motifs is 2. The van der Waals surface area contributed by atoms with Gasteiger partial charge in [-0.15, -0.1) is 0 Å². The third kappa shape index (κ3) is 4.47. The number of hydrogen-bond acceptors (Lipinski definition) is 3. The van der Waals surface area contributed by atoms with Gasteiger partial charge in [0.05, 0.1) is 23.5 Å². The summed E-state index contributed by atoms with van der Waals surface area (Å²) in [5, 5.41) is 10.2. The van der Waals surface area contributed by atoms with Crippen LogP contribution in [0.5, 0.6) is 0 Å². The van der Waals surface area contributed by atoms with Crippen molar-refractivity contribution in [2.75, 3.05) is 11.4 Å². The number of carbonyl (C=O) groups excluding carboxylic acids is 2. The lowest BCUT2D eigenvalue weighted by molar-refractivity contribution is -0.149. The Morgan fingerprint density at radius 3 is 1.92 bits per heavy atom. The standard InChI is InChI=1S/C29H27N3O4/c33-26(19-16-21-10-4-1-5-11-21)32-24-17-18-25(32)27(28(34)35)30(20-24)29(36)31(22-12-6-2-7-13-22)23-14-8-3-9-15-23/h1-16,19,24-25,27H,17-18,20H2,(H,34,35)/b19-16+/t24-,25+,27-/m0/s1. The summed E-state index contributed by atoms with van der Waals surface area (Å²) in [6.45, 7) is 0.160. The number of anilines is 2. The fourth-order valence-electron chi connectivity index (χ4n) is 5.26. The van der Waals surface area contributed by atoms with Crippen LogP contribution in [0.15, 0.2) is 97.1 Å². The Hall–Kier alpha value is -4.39. The second-order valence-corrected chi connectivity index (χ2v) is 9.01. The SMILES string of the molecule is O=C(O)[C@@H]1[C@H]2CC[C@@H](CN1C(=O)N(c1ccccc1)c1ccccc1)N2C(=O)/C=C/c1ccccc1. The first kappa shape index (κ1) is 23.4. The van der Waals surface area contributed by atoms with E-state index in [1.54, 1.807) is 15.9 Å². The number of piperazine rings is 1. The largest absolute Gasteiger partial charge is 0.480 e. The third-order valence-corrected chi connectivity index (χ3v) is 6.85. The minimum absolute atomic E-state index is 0.160. The van der Waals surface area contributed by atoms with Crippen molar-refractivity contribution in [1.82, 2.24) is 9.80 Å². The van der Waals surface area contributed by atoms with Crippen molar-refractivity contribution in [2.45, 2.75) is 31.0 Å². The van der Waals surface area contributed by atoms with E-state index in [2.05, 4.69) is 0 Å². The maximum absolute atomic E-state index is 14.0. The summed E-state index contributed by atoms with van der Waals surface area (Å²) >= 11 is 0. The van der Waals surface area contributed by atoms with Gasteiger partial charge in [0.25, 0.3) is 0 Å². The van der Waals surface area contributed by atoms with E-state index in [9.17, 15) is 19.5 Å². The summed E-state index contributed by atoms with van der Waals surface area (Å²) in [5.41, 5.74) is 2.19. The van der Waals surface area contributed by atoms with Crippen LogP contribution in [0.4, 0.5) is 16.2 Å². The highest BCUT2D eigenvalue weighted by Crippen LogP contribution is 2.37. The Morgan fingerprint density at radius 1 is 0.806 bits per heavy atom. The topological polar surface area (TPSA) is 81.2 Å². The number of benzene rings is 3. The minimum atomic E-state index is -1.14. The smallest absolute Gasteiger partial charge is 0.329 e. The number of aliphatic carboxylic acids is 1. The maximum atomic E-state index is 14.0. The van der Waals surface area contributed by atoms with Crippen molar-refractivity contribution in [3.8, 4) is 0 Å². The zero-order valence-corrected chi connectivity index (χ0v) is 19.7. The molecule has 182 valence electrons. The van der Waals surface area contributed by atoms with Gasteiger partial charge in [-0.2, -0.15) is 0 Å². The lowest BCUT2D eigenvalue weighted by Crippen LogP contribution is -2.66. The van der Waals surface area contributed by atoms with Gasteiger partial charge in [0.2, 0.25) is 5.91 Å². The van der Waals surface area contributed by atoms with Crippen molar-refractivity contribution in [3.05, 3.63) is 103 Å². The van der Waals surface area contributed by atoms with Gasteiger partial charge in [-0.05, 0) is 48.7 Å². The molecule has 2 bridgehead atoms. The number of carbonyl (C=O) groups is 3. The summed E-state index contributed by atoms with van der Waals surface area (Å²) in [6, 6.07) is 25.5. The summed E-state index contributed by atoms with van der Waals surface area (Å²) in [6.07, 6.45) is 4.42. The molecule has 0 saturated carbocycles. The van der Waals surface area contributed by atoms with Crippen LogP contribution >= 0.6 is 0 Å². The number of amides is 3. The summed E-state index contributed by atoms with van der Waals surface area (Å²) in [7, 11) is 0. The molecule has 0 radical (unpaired) electrons. The molecule has 7 nitrogen and oxygen atoms in total. The average Bonchev–Trinajstić information content (AvgIpc) is 3.21. The molecule has 2 aliphatic rings. The Labute approximate surface area is 209 Å². The molecule has 36 heavy (non-hydrogen) atoms. The molecule has 3 aromatic carbocycles. The van der Waals surface area contributed by atoms with Gasteiger partial charge in [-0.25, -0.2) is 9.59 Å². The van der Waals surface area contributed by atoms with Gasteiger partial charge in [0, 0.05) is 12.6 Å². The van der Waals surface area contributed by atoms with Crippen molar-refractivity contribution in [2.24, 2.45) is 0 Å². The molecular formula is C29H27N3O4. The molecular weight excluding hydrogens is 454 g/mol. The maximum Gasteiger partial charge on any atom is 0.329 e. The molecule has 0 spiro atoms. The Bertz CT molecular complexity index is 1220. The lowest BCUT2D eigenvalue weighted by atomic mass is 10.0. The van der Waals surface area contributed by atoms with E-state index in [0.29, 0.717) is 24.2 Å². The number of carboxylic acid groups (broad SMARTS) is 1. The number of carboxylic acids is 1. The Kier molecular flexibility index (Phi) is 6.54. The van der Waals surface area contributed by atoms with Crippen molar-refractivity contribution >= 4 is 35.4 Å². The van der Waals surface area contributed by atoms with Crippen molar-refractivity contribution in [3.63, 3.8) is 0 Å². The molecule has 7 heteroatoms. The molecule has 1 N–H and O–H groups in total. The summed E-state index contributed by atoms with van der Waals surface area (Å²) < 4.78 is 0. The van der Waals surface area contributed by atoms with Gasteiger partial charge in [-0.1, -0.05) is 66.7 Å². The van der Waals surface area contributed by atoms with Crippen LogP contribution in [0, 0.1) is 0 Å². The molecule has 2 saturated heterocycles. The number of hydrogen-bond donors (Lipinski definition) is 1. The van der Waals surface area contributed by atoms with E-state index in [0.717, 1.165) is 5.56 Å². The zero-order valence-electron chi connectivity index (χ0n) is 19.7. The van der Waals surface area contributed by atoms with Crippen LogP contribution in [0.1, 0.15) is 18.4 Å². The van der Waals surface area contributed by atoms with Crippen molar-refractivity contribution < 1.29 is 19.5 Å². The Morgan fingerprint density at radius 2 is 1.36 bits per heavy atom. The van der Waals surface area contributed by atoms with E-state index in [1.807, 2.05) is 91.0 Å². The quantitative estimate of drug-likeness (QED) is 0.532. The van der Waals surface area contributed by atoms with Gasteiger partial charge in [0.15, 0.2) is 6.04 Å². The number of rotatable bonds is 5. The van der Waals surface area contributed by atoms with Gasteiger partial charge >= 0.3 is 12.0 Å². The number of urea groups is 1. The molecule has 0 aromatic heterocycles. The average molecular weight is 482 g/mol. The van der Waals surface area contributed by atoms with E-state index in [1.165, 1.54) is 11.0 Å². The molecule has 0 unspecified atom stereocenters. The molecule has 0 aliphatic carbocycles. The van der Waals surface area contributed by atoms with Gasteiger partial charge in [-0.3, -0.25) is 9.69 Å². The van der Waals surface area contributed by atoms with E-state index in [-0.39, 0.29) is 18.5 Å². The van der Waals surface area contributed by atoms with E-state index >= 15 is 0 Å². The number of nitrogens with zero attached hydrogens (tertiary/aromatic N) is 3. The third-order valence-electron chi connectivity index (χ3n) is 6.85. The fraction of sp³-hybridized carbons (Fsp3) is 0.207. The van der Waals surface area contributed by atoms with Crippen LogP contribution in [0.2, 0.25) is 0 Å². The Balaban J connectivity index is 1.45. The van der Waals surface area contributed by atoms with E-state index in [4.69, 9.17) is 0 Å². The highest BCUT2D eigenvalue weighted by molar-refractivity contribution is 6.02. The minimum Gasteiger partial charge on any atom is -0.480 e. The van der Waals surface area contributed by atoms with Gasteiger partial charge < -0.3 is 14.9 Å². The van der Waals surface area contributed by atoms with Crippen LogP contribution in [-0.2, 0) is 9.59 Å².